The lowest BCUT2D eigenvalue weighted by molar-refractivity contribution is 0.318. The molecule has 0 fully saturated rings. The van der Waals surface area contributed by atoms with Crippen LogP contribution in [0.1, 0.15) is 39.9 Å². The van der Waals surface area contributed by atoms with Gasteiger partial charge in [0.15, 0.2) is 0 Å². The second-order valence-corrected chi connectivity index (χ2v) is 6.10. The van der Waals surface area contributed by atoms with E-state index in [1.54, 1.807) is 6.07 Å². The van der Waals surface area contributed by atoms with Crippen molar-refractivity contribution in [2.45, 2.75) is 39.5 Å². The van der Waals surface area contributed by atoms with E-state index < -0.39 is 0 Å². The SMILES string of the molecule is CCCOc1ccccc1-c1cc(N)nc(C(C)(C)C)n1. The second kappa shape index (κ2) is 6.12. The predicted molar refractivity (Wildman–Crippen MR) is 86.4 cm³/mol. The first-order chi connectivity index (χ1) is 9.91. The molecule has 1 aromatic carbocycles. The maximum absolute atomic E-state index is 5.95. The Labute approximate surface area is 126 Å². The molecule has 0 spiro atoms. The van der Waals surface area contributed by atoms with E-state index in [2.05, 4.69) is 37.7 Å². The quantitative estimate of drug-likeness (QED) is 0.927. The van der Waals surface area contributed by atoms with Crippen LogP contribution in [-0.2, 0) is 5.41 Å². The highest BCUT2D eigenvalue weighted by Gasteiger charge is 2.20. The molecule has 0 aliphatic rings. The first-order valence-corrected chi connectivity index (χ1v) is 7.29. The van der Waals surface area contributed by atoms with E-state index in [0.29, 0.717) is 12.4 Å². The van der Waals surface area contributed by atoms with E-state index in [1.165, 1.54) is 0 Å². The summed E-state index contributed by atoms with van der Waals surface area (Å²) in [6.07, 6.45) is 0.966. The molecule has 0 saturated carbocycles. The van der Waals surface area contributed by atoms with Gasteiger partial charge in [-0.15, -0.1) is 0 Å². The number of rotatable bonds is 4. The zero-order valence-corrected chi connectivity index (χ0v) is 13.2. The van der Waals surface area contributed by atoms with Gasteiger partial charge < -0.3 is 10.5 Å². The van der Waals surface area contributed by atoms with Crippen molar-refractivity contribution in [3.05, 3.63) is 36.2 Å². The molecule has 4 heteroatoms. The Morgan fingerprint density at radius 1 is 1.14 bits per heavy atom. The zero-order valence-electron chi connectivity index (χ0n) is 13.2. The van der Waals surface area contributed by atoms with Gasteiger partial charge in [-0.1, -0.05) is 39.8 Å². The Hall–Kier alpha value is -2.10. The predicted octanol–water partition coefficient (Wildman–Crippen LogP) is 3.81. The van der Waals surface area contributed by atoms with E-state index in [-0.39, 0.29) is 5.41 Å². The first-order valence-electron chi connectivity index (χ1n) is 7.29. The monoisotopic (exact) mass is 285 g/mol. The third kappa shape index (κ3) is 3.72. The molecule has 2 aromatic rings. The van der Waals surface area contributed by atoms with Crippen LogP contribution in [0.25, 0.3) is 11.3 Å². The smallest absolute Gasteiger partial charge is 0.136 e. The van der Waals surface area contributed by atoms with Gasteiger partial charge in [0.25, 0.3) is 0 Å². The van der Waals surface area contributed by atoms with E-state index in [1.807, 2.05) is 24.3 Å². The molecular formula is C17H23N3O. The van der Waals surface area contributed by atoms with Gasteiger partial charge in [-0.25, -0.2) is 9.97 Å². The summed E-state index contributed by atoms with van der Waals surface area (Å²) in [5.41, 5.74) is 7.56. The number of benzene rings is 1. The minimum Gasteiger partial charge on any atom is -0.493 e. The topological polar surface area (TPSA) is 61.0 Å². The lowest BCUT2D eigenvalue weighted by Crippen LogP contribution is -2.17. The van der Waals surface area contributed by atoms with Crippen molar-refractivity contribution in [1.29, 1.82) is 0 Å². The van der Waals surface area contributed by atoms with Crippen LogP contribution in [0.5, 0.6) is 5.75 Å². The number of anilines is 1. The maximum Gasteiger partial charge on any atom is 0.136 e. The average molecular weight is 285 g/mol. The molecule has 1 aromatic heterocycles. The summed E-state index contributed by atoms with van der Waals surface area (Å²) in [4.78, 5) is 9.02. The van der Waals surface area contributed by atoms with E-state index >= 15 is 0 Å². The van der Waals surface area contributed by atoms with Gasteiger partial charge in [0.05, 0.1) is 12.3 Å². The molecule has 2 rings (SSSR count). The molecule has 0 radical (unpaired) electrons. The lowest BCUT2D eigenvalue weighted by atomic mass is 9.95. The molecule has 0 unspecified atom stereocenters. The van der Waals surface area contributed by atoms with E-state index in [4.69, 9.17) is 10.5 Å². The Morgan fingerprint density at radius 3 is 2.52 bits per heavy atom. The highest BCUT2D eigenvalue weighted by atomic mass is 16.5. The van der Waals surface area contributed by atoms with Crippen LogP contribution in [0.2, 0.25) is 0 Å². The lowest BCUT2D eigenvalue weighted by Gasteiger charge is -2.18. The molecule has 0 atom stereocenters. The van der Waals surface area contributed by atoms with Gasteiger partial charge in [0, 0.05) is 17.0 Å². The summed E-state index contributed by atoms with van der Waals surface area (Å²) in [6.45, 7) is 8.99. The average Bonchev–Trinajstić information content (AvgIpc) is 2.44. The van der Waals surface area contributed by atoms with Gasteiger partial charge in [0.2, 0.25) is 0 Å². The summed E-state index contributed by atoms with van der Waals surface area (Å²) in [6, 6.07) is 9.69. The van der Waals surface area contributed by atoms with Crippen LogP contribution < -0.4 is 10.5 Å². The van der Waals surface area contributed by atoms with E-state index in [9.17, 15) is 0 Å². The number of para-hydroxylation sites is 1. The van der Waals surface area contributed by atoms with Crippen LogP contribution in [-0.4, -0.2) is 16.6 Å². The van der Waals surface area contributed by atoms with Gasteiger partial charge in [-0.2, -0.15) is 0 Å². The summed E-state index contributed by atoms with van der Waals surface area (Å²) < 4.78 is 5.80. The van der Waals surface area contributed by atoms with Crippen molar-refractivity contribution in [3.8, 4) is 17.0 Å². The molecule has 0 amide bonds. The number of hydrogen-bond acceptors (Lipinski definition) is 4. The normalized spacial score (nSPS) is 11.4. The van der Waals surface area contributed by atoms with Gasteiger partial charge in [-0.05, 0) is 18.6 Å². The fourth-order valence-corrected chi connectivity index (χ4v) is 1.96. The first kappa shape index (κ1) is 15.3. The Morgan fingerprint density at radius 2 is 1.86 bits per heavy atom. The van der Waals surface area contributed by atoms with Gasteiger partial charge in [-0.3, -0.25) is 0 Å². The highest BCUT2D eigenvalue weighted by Crippen LogP contribution is 2.31. The molecule has 0 aliphatic heterocycles. The third-order valence-corrected chi connectivity index (χ3v) is 3.04. The number of hydrogen-bond donors (Lipinski definition) is 1. The second-order valence-electron chi connectivity index (χ2n) is 6.10. The maximum atomic E-state index is 5.95. The number of aromatic nitrogens is 2. The number of nitrogens with zero attached hydrogens (tertiary/aromatic N) is 2. The molecule has 21 heavy (non-hydrogen) atoms. The molecule has 0 aliphatic carbocycles. The summed E-state index contributed by atoms with van der Waals surface area (Å²) in [5.74, 6) is 2.05. The summed E-state index contributed by atoms with van der Waals surface area (Å²) >= 11 is 0. The molecule has 0 bridgehead atoms. The van der Waals surface area contributed by atoms with Crippen molar-refractivity contribution in [3.63, 3.8) is 0 Å². The van der Waals surface area contributed by atoms with Crippen LogP contribution >= 0.6 is 0 Å². The molecule has 0 saturated heterocycles. The van der Waals surface area contributed by atoms with Crippen molar-refractivity contribution < 1.29 is 4.74 Å². The molecular weight excluding hydrogens is 262 g/mol. The standard InChI is InChI=1S/C17H23N3O/c1-5-10-21-14-9-7-6-8-12(14)13-11-15(18)20-16(19-13)17(2,3)4/h6-9,11H,5,10H2,1-4H3,(H2,18,19,20). The summed E-state index contributed by atoms with van der Waals surface area (Å²) in [7, 11) is 0. The largest absolute Gasteiger partial charge is 0.493 e. The zero-order chi connectivity index (χ0) is 15.5. The van der Waals surface area contributed by atoms with Crippen molar-refractivity contribution >= 4 is 5.82 Å². The van der Waals surface area contributed by atoms with Crippen molar-refractivity contribution in [2.24, 2.45) is 0 Å². The Balaban J connectivity index is 2.49. The van der Waals surface area contributed by atoms with Crippen molar-refractivity contribution in [2.75, 3.05) is 12.3 Å². The van der Waals surface area contributed by atoms with Gasteiger partial charge in [0.1, 0.15) is 17.4 Å². The molecule has 2 N–H and O–H groups in total. The Kier molecular flexibility index (Phi) is 4.46. The third-order valence-electron chi connectivity index (χ3n) is 3.04. The number of nitrogens with two attached hydrogens (primary N) is 1. The number of nitrogen functional groups attached to an aromatic ring is 1. The van der Waals surface area contributed by atoms with Crippen LogP contribution in [0, 0.1) is 0 Å². The molecule has 1 heterocycles. The van der Waals surface area contributed by atoms with Crippen molar-refractivity contribution in [1.82, 2.24) is 9.97 Å². The van der Waals surface area contributed by atoms with Crippen LogP contribution in [0.15, 0.2) is 30.3 Å². The fourth-order valence-electron chi connectivity index (χ4n) is 1.96. The highest BCUT2D eigenvalue weighted by molar-refractivity contribution is 5.68. The van der Waals surface area contributed by atoms with Gasteiger partial charge >= 0.3 is 0 Å². The molecule has 112 valence electrons. The molecule has 4 nitrogen and oxygen atoms in total. The Bertz CT molecular complexity index is 618. The number of ether oxygens (including phenoxy) is 1. The minimum absolute atomic E-state index is 0.149. The van der Waals surface area contributed by atoms with Crippen LogP contribution in [0.3, 0.4) is 0 Å². The fraction of sp³-hybridized carbons (Fsp3) is 0.412. The van der Waals surface area contributed by atoms with Crippen LogP contribution in [0.4, 0.5) is 5.82 Å². The summed E-state index contributed by atoms with van der Waals surface area (Å²) in [5, 5.41) is 0. The van der Waals surface area contributed by atoms with E-state index in [0.717, 1.165) is 29.3 Å². The minimum atomic E-state index is -0.149.